The van der Waals surface area contributed by atoms with Gasteiger partial charge in [0, 0.05) is 34.6 Å². The molecule has 0 aliphatic heterocycles. The number of aromatic amines is 1. The maximum atomic E-state index is 12.8. The number of aromatic nitrogens is 3. The van der Waals surface area contributed by atoms with Crippen LogP contribution < -0.4 is 16.4 Å². The molecule has 4 aromatic rings. The number of carbonyl (C=O) groups is 2. The lowest BCUT2D eigenvalue weighted by Crippen LogP contribution is -2.42. The Bertz CT molecular complexity index is 1450. The van der Waals surface area contributed by atoms with Crippen molar-refractivity contribution >= 4 is 33.5 Å². The van der Waals surface area contributed by atoms with E-state index in [0.717, 1.165) is 34.8 Å². The zero-order chi connectivity index (χ0) is 22.4. The van der Waals surface area contributed by atoms with Crippen LogP contribution in [0.15, 0.2) is 47.3 Å². The average molecular weight is 429 g/mol. The van der Waals surface area contributed by atoms with E-state index in [2.05, 4.69) is 27.9 Å². The molecule has 0 saturated carbocycles. The van der Waals surface area contributed by atoms with Crippen molar-refractivity contribution in [2.45, 2.75) is 26.2 Å². The van der Waals surface area contributed by atoms with Crippen LogP contribution in [0.3, 0.4) is 0 Å². The predicted molar refractivity (Wildman–Crippen MR) is 121 cm³/mol. The highest BCUT2D eigenvalue weighted by Crippen LogP contribution is 2.32. The van der Waals surface area contributed by atoms with Crippen LogP contribution in [0.2, 0.25) is 0 Å². The van der Waals surface area contributed by atoms with E-state index in [0.29, 0.717) is 22.3 Å². The van der Waals surface area contributed by atoms with E-state index in [-0.39, 0.29) is 11.3 Å². The second-order valence-electron chi connectivity index (χ2n) is 8.42. The molecule has 0 bridgehead atoms. The second kappa shape index (κ2) is 7.64. The summed E-state index contributed by atoms with van der Waals surface area (Å²) >= 11 is 0. The third-order valence-electron chi connectivity index (χ3n) is 6.16. The van der Waals surface area contributed by atoms with E-state index in [1.54, 1.807) is 30.3 Å². The van der Waals surface area contributed by atoms with E-state index >= 15 is 0 Å². The molecule has 32 heavy (non-hydrogen) atoms. The zero-order valence-corrected chi connectivity index (χ0v) is 17.9. The number of benzene rings is 2. The summed E-state index contributed by atoms with van der Waals surface area (Å²) < 4.78 is 1.11. The summed E-state index contributed by atoms with van der Waals surface area (Å²) in [5, 5.41) is 5.94. The number of fused-ring (bicyclic) bond motifs is 4. The molecule has 1 atom stereocenters. The smallest absolute Gasteiger partial charge is 0.290 e. The van der Waals surface area contributed by atoms with E-state index in [1.165, 1.54) is 18.3 Å². The molecule has 3 N–H and O–H groups in total. The molecule has 8 nitrogen and oxygen atoms in total. The topological polar surface area (TPSA) is 109 Å². The van der Waals surface area contributed by atoms with Gasteiger partial charge in [0.1, 0.15) is 0 Å². The van der Waals surface area contributed by atoms with Gasteiger partial charge in [-0.05, 0) is 55.0 Å². The van der Waals surface area contributed by atoms with Crippen LogP contribution in [0, 0.1) is 5.92 Å². The van der Waals surface area contributed by atoms with E-state index in [9.17, 15) is 14.4 Å². The number of hydrazine groups is 1. The molecule has 0 spiro atoms. The molecule has 2 amide bonds. The maximum absolute atomic E-state index is 12.8. The Morgan fingerprint density at radius 3 is 2.62 bits per heavy atom. The first kappa shape index (κ1) is 20.0. The lowest BCUT2D eigenvalue weighted by Gasteiger charge is -2.18. The highest BCUT2D eigenvalue weighted by atomic mass is 16.2. The van der Waals surface area contributed by atoms with Gasteiger partial charge in [0.2, 0.25) is 0 Å². The van der Waals surface area contributed by atoms with E-state index in [4.69, 9.17) is 0 Å². The Balaban J connectivity index is 1.38. The first-order valence-corrected chi connectivity index (χ1v) is 10.6. The molecule has 2 aromatic carbocycles. The third-order valence-corrected chi connectivity index (χ3v) is 6.16. The predicted octanol–water partition coefficient (Wildman–Crippen LogP) is 2.61. The summed E-state index contributed by atoms with van der Waals surface area (Å²) in [6.45, 7) is 2.24. The molecule has 0 fully saturated rings. The second-order valence-corrected chi connectivity index (χ2v) is 8.42. The molecule has 2 heterocycles. The first-order chi connectivity index (χ1) is 15.4. The Labute approximate surface area is 183 Å². The number of nitrogens with one attached hydrogen (secondary N) is 3. The fourth-order valence-electron chi connectivity index (χ4n) is 4.44. The minimum atomic E-state index is -0.598. The fourth-order valence-corrected chi connectivity index (χ4v) is 4.44. The summed E-state index contributed by atoms with van der Waals surface area (Å²) in [5.41, 5.74) is 8.65. The molecular weight excluding hydrogens is 406 g/mol. The summed E-state index contributed by atoms with van der Waals surface area (Å²) in [6, 6.07) is 12.2. The summed E-state index contributed by atoms with van der Waals surface area (Å²) in [6.07, 6.45) is 3.17. The lowest BCUT2D eigenvalue weighted by molar-refractivity contribution is 0.0844. The quantitative estimate of drug-likeness (QED) is 0.426. The lowest BCUT2D eigenvalue weighted by atomic mass is 9.87. The molecule has 5 rings (SSSR count). The number of amides is 2. The first-order valence-electron chi connectivity index (χ1n) is 10.6. The highest BCUT2D eigenvalue weighted by molar-refractivity contribution is 6.06. The van der Waals surface area contributed by atoms with Crippen molar-refractivity contribution in [3.05, 3.63) is 75.3 Å². The van der Waals surface area contributed by atoms with Crippen LogP contribution in [0.25, 0.3) is 21.7 Å². The standard InChI is InChI=1S/C24H23N5O3/c1-13-7-9-19-17(11-13)18-12-14(8-10-20(18)25-19)22(30)26-27-23(31)21-15-5-3-4-6-16(15)24(32)29(2)28-21/h3-6,8,10,12-13,25H,7,9,11H2,1-2H3,(H,26,30)(H,27,31). The Morgan fingerprint density at radius 1 is 1.06 bits per heavy atom. The number of hydrogen-bond acceptors (Lipinski definition) is 4. The van der Waals surface area contributed by atoms with Gasteiger partial charge in [-0.15, -0.1) is 0 Å². The Morgan fingerprint density at radius 2 is 1.81 bits per heavy atom. The van der Waals surface area contributed by atoms with Gasteiger partial charge in [0.05, 0.1) is 5.39 Å². The van der Waals surface area contributed by atoms with Crippen molar-refractivity contribution in [1.82, 2.24) is 25.6 Å². The normalized spacial score (nSPS) is 15.5. The van der Waals surface area contributed by atoms with Gasteiger partial charge >= 0.3 is 0 Å². The summed E-state index contributed by atoms with van der Waals surface area (Å²) in [5.74, 6) is -0.408. The van der Waals surface area contributed by atoms with Crippen LogP contribution in [0.1, 0.15) is 45.4 Å². The molecule has 2 aromatic heterocycles. The van der Waals surface area contributed by atoms with Crippen molar-refractivity contribution in [1.29, 1.82) is 0 Å². The molecule has 1 aliphatic rings. The van der Waals surface area contributed by atoms with E-state index < -0.39 is 11.8 Å². The monoisotopic (exact) mass is 429 g/mol. The number of rotatable bonds is 2. The average Bonchev–Trinajstić information content (AvgIpc) is 3.16. The highest BCUT2D eigenvalue weighted by Gasteiger charge is 2.21. The van der Waals surface area contributed by atoms with Crippen molar-refractivity contribution in [3.8, 4) is 0 Å². The number of nitrogens with zero attached hydrogens (tertiary/aromatic N) is 2. The van der Waals surface area contributed by atoms with Gasteiger partial charge in [-0.2, -0.15) is 5.10 Å². The molecular formula is C24H23N5O3. The van der Waals surface area contributed by atoms with Crippen LogP contribution >= 0.6 is 0 Å². The fraction of sp³-hybridized carbons (Fsp3) is 0.250. The van der Waals surface area contributed by atoms with Gasteiger partial charge in [0.15, 0.2) is 5.69 Å². The number of carbonyl (C=O) groups excluding carboxylic acids is 2. The van der Waals surface area contributed by atoms with Gasteiger partial charge < -0.3 is 4.98 Å². The van der Waals surface area contributed by atoms with Crippen molar-refractivity contribution in [2.75, 3.05) is 0 Å². The number of aryl methyl sites for hydroxylation is 2. The number of H-pyrrole nitrogens is 1. The maximum Gasteiger partial charge on any atom is 0.290 e. The molecule has 1 aliphatic carbocycles. The molecule has 1 unspecified atom stereocenters. The van der Waals surface area contributed by atoms with Crippen LogP contribution in [0.5, 0.6) is 0 Å². The van der Waals surface area contributed by atoms with Crippen molar-refractivity contribution in [3.63, 3.8) is 0 Å². The SMILES string of the molecule is CC1CCc2[nH]c3ccc(C(=O)NNC(=O)c4nn(C)c(=O)c5ccccc45)cc3c2C1. The van der Waals surface area contributed by atoms with Gasteiger partial charge in [-0.3, -0.25) is 25.2 Å². The largest absolute Gasteiger partial charge is 0.358 e. The minimum absolute atomic E-state index is 0.0622. The van der Waals surface area contributed by atoms with Crippen LogP contribution in [-0.2, 0) is 19.9 Å². The summed E-state index contributed by atoms with van der Waals surface area (Å²) in [4.78, 5) is 41.2. The van der Waals surface area contributed by atoms with Crippen LogP contribution in [-0.4, -0.2) is 26.6 Å². The molecule has 8 heteroatoms. The molecule has 162 valence electrons. The Kier molecular flexibility index (Phi) is 4.77. The van der Waals surface area contributed by atoms with Gasteiger partial charge in [-0.25, -0.2) is 4.68 Å². The number of hydrogen-bond donors (Lipinski definition) is 3. The summed E-state index contributed by atoms with van der Waals surface area (Å²) in [7, 11) is 1.48. The van der Waals surface area contributed by atoms with E-state index in [1.807, 2.05) is 12.1 Å². The minimum Gasteiger partial charge on any atom is -0.358 e. The van der Waals surface area contributed by atoms with Gasteiger partial charge in [0.25, 0.3) is 17.4 Å². The van der Waals surface area contributed by atoms with Crippen LogP contribution in [0.4, 0.5) is 0 Å². The third kappa shape index (κ3) is 3.33. The zero-order valence-electron chi connectivity index (χ0n) is 17.9. The molecule has 0 saturated heterocycles. The van der Waals surface area contributed by atoms with Crippen molar-refractivity contribution in [2.24, 2.45) is 13.0 Å². The van der Waals surface area contributed by atoms with Gasteiger partial charge in [-0.1, -0.05) is 25.1 Å². The molecule has 0 radical (unpaired) electrons. The Hall–Kier alpha value is -3.94. The van der Waals surface area contributed by atoms with Crippen molar-refractivity contribution < 1.29 is 9.59 Å².